The number of hydrogen-bond donors (Lipinski definition) is 2. The van der Waals surface area contributed by atoms with Crippen molar-refractivity contribution >= 4 is 28.6 Å². The molecular weight excluding hydrogens is 320 g/mol. The lowest BCUT2D eigenvalue weighted by Crippen LogP contribution is -2.28. The summed E-state index contributed by atoms with van der Waals surface area (Å²) in [6.45, 7) is 1.85. The Morgan fingerprint density at radius 3 is 3.00 bits per heavy atom. The number of hydrogen-bond acceptors (Lipinski definition) is 6. The minimum Gasteiger partial charge on any atom is -0.386 e. The van der Waals surface area contributed by atoms with E-state index in [1.54, 1.807) is 24.3 Å². The van der Waals surface area contributed by atoms with Gasteiger partial charge in [0.15, 0.2) is 5.69 Å². The van der Waals surface area contributed by atoms with Crippen LogP contribution in [0.25, 0.3) is 10.4 Å². The fraction of sp³-hybridized carbons (Fsp3) is 0.200. The highest BCUT2D eigenvalue weighted by molar-refractivity contribution is 7.16. The summed E-state index contributed by atoms with van der Waals surface area (Å²) < 4.78 is 4.85. The van der Waals surface area contributed by atoms with Crippen LogP contribution in [0.2, 0.25) is 0 Å². The van der Waals surface area contributed by atoms with Crippen LogP contribution in [0.15, 0.2) is 39.5 Å². The molecule has 0 aliphatic carbocycles. The molecule has 3 aromatic rings. The molecule has 5 nitrogen and oxygen atoms in total. The first-order valence-corrected chi connectivity index (χ1v) is 8.41. The van der Waals surface area contributed by atoms with Crippen LogP contribution in [0, 0.1) is 6.92 Å². The molecule has 3 aromatic heterocycles. The van der Waals surface area contributed by atoms with E-state index in [2.05, 4.69) is 15.9 Å². The molecule has 0 fully saturated rings. The Morgan fingerprint density at radius 1 is 1.45 bits per heavy atom. The molecule has 7 heteroatoms. The first-order chi connectivity index (χ1) is 10.6. The maximum atomic E-state index is 11.8. The third kappa shape index (κ3) is 3.27. The van der Waals surface area contributed by atoms with Crippen molar-refractivity contribution in [1.82, 2.24) is 10.5 Å². The van der Waals surface area contributed by atoms with Crippen LogP contribution in [-0.4, -0.2) is 22.7 Å². The van der Waals surface area contributed by atoms with Gasteiger partial charge >= 0.3 is 0 Å². The predicted octanol–water partition coefficient (Wildman–Crippen LogP) is 3.24. The van der Waals surface area contributed by atoms with Crippen LogP contribution in [0.3, 0.4) is 0 Å². The van der Waals surface area contributed by atoms with E-state index in [1.165, 1.54) is 11.3 Å². The Morgan fingerprint density at radius 2 is 2.32 bits per heavy atom. The van der Waals surface area contributed by atoms with Crippen LogP contribution in [-0.2, 0) is 0 Å². The third-order valence-corrected chi connectivity index (χ3v) is 5.00. The number of aryl methyl sites for hydroxylation is 1. The zero-order valence-electron chi connectivity index (χ0n) is 11.8. The molecule has 0 aromatic carbocycles. The molecular formula is C15H14N2O3S2. The largest absolute Gasteiger partial charge is 0.386 e. The molecule has 0 spiro atoms. The molecule has 1 unspecified atom stereocenters. The molecule has 0 bridgehead atoms. The van der Waals surface area contributed by atoms with Gasteiger partial charge in [-0.1, -0.05) is 5.16 Å². The van der Waals surface area contributed by atoms with Gasteiger partial charge in [0.05, 0.1) is 0 Å². The number of carbonyl (C=O) groups excluding carboxylic acids is 1. The number of amides is 1. The van der Waals surface area contributed by atoms with E-state index in [4.69, 9.17) is 4.52 Å². The van der Waals surface area contributed by atoms with Crippen LogP contribution < -0.4 is 5.32 Å². The highest BCUT2D eigenvalue weighted by Gasteiger charge is 2.15. The van der Waals surface area contributed by atoms with E-state index in [-0.39, 0.29) is 18.1 Å². The summed E-state index contributed by atoms with van der Waals surface area (Å²) in [6.07, 6.45) is -0.741. The standard InChI is InChI=1S/C15H14N2O3S2/c1-9-6-11(17-20-9)15(19)16-7-12(18)14-3-2-13(22-14)10-4-5-21-8-10/h2-6,8,12,18H,7H2,1H3,(H,16,19). The van der Waals surface area contributed by atoms with Crippen molar-refractivity contribution in [2.75, 3.05) is 6.54 Å². The quantitative estimate of drug-likeness (QED) is 0.751. The third-order valence-electron chi connectivity index (χ3n) is 3.08. The molecule has 0 radical (unpaired) electrons. The molecule has 2 N–H and O–H groups in total. The van der Waals surface area contributed by atoms with Gasteiger partial charge in [-0.25, -0.2) is 0 Å². The molecule has 0 aliphatic heterocycles. The second kappa shape index (κ2) is 6.43. The van der Waals surface area contributed by atoms with E-state index in [1.807, 2.05) is 23.6 Å². The zero-order valence-corrected chi connectivity index (χ0v) is 13.4. The topological polar surface area (TPSA) is 75.4 Å². The lowest BCUT2D eigenvalue weighted by Gasteiger charge is -2.08. The number of nitrogens with one attached hydrogen (secondary N) is 1. The van der Waals surface area contributed by atoms with Crippen molar-refractivity contribution in [2.24, 2.45) is 0 Å². The van der Waals surface area contributed by atoms with Crippen molar-refractivity contribution in [3.8, 4) is 10.4 Å². The molecule has 3 heterocycles. The first kappa shape index (κ1) is 15.0. The van der Waals surface area contributed by atoms with Crippen LogP contribution in [0.1, 0.15) is 27.2 Å². The SMILES string of the molecule is Cc1cc(C(=O)NCC(O)c2ccc(-c3ccsc3)s2)no1. The number of carbonyl (C=O) groups is 1. The molecule has 1 atom stereocenters. The molecule has 1 amide bonds. The van der Waals surface area contributed by atoms with Gasteiger partial charge in [0.25, 0.3) is 5.91 Å². The van der Waals surface area contributed by atoms with Crippen LogP contribution in [0.5, 0.6) is 0 Å². The normalized spacial score (nSPS) is 12.3. The summed E-state index contributed by atoms with van der Waals surface area (Å²) in [5.41, 5.74) is 1.37. The Balaban J connectivity index is 1.60. The predicted molar refractivity (Wildman–Crippen MR) is 86.2 cm³/mol. The lowest BCUT2D eigenvalue weighted by molar-refractivity contribution is 0.0909. The molecule has 0 aliphatic rings. The Labute approximate surface area is 135 Å². The number of aliphatic hydroxyl groups is 1. The van der Waals surface area contributed by atoms with Crippen molar-refractivity contribution < 1.29 is 14.4 Å². The van der Waals surface area contributed by atoms with Gasteiger partial charge in [0, 0.05) is 27.9 Å². The van der Waals surface area contributed by atoms with E-state index < -0.39 is 6.10 Å². The Hall–Kier alpha value is -1.96. The van der Waals surface area contributed by atoms with Crippen LogP contribution >= 0.6 is 22.7 Å². The second-order valence-electron chi connectivity index (χ2n) is 4.76. The summed E-state index contributed by atoms with van der Waals surface area (Å²) in [4.78, 5) is 13.8. The van der Waals surface area contributed by atoms with Gasteiger partial charge in [-0.3, -0.25) is 4.79 Å². The minimum absolute atomic E-state index is 0.133. The molecule has 114 valence electrons. The smallest absolute Gasteiger partial charge is 0.273 e. The molecule has 0 saturated carbocycles. The molecule has 22 heavy (non-hydrogen) atoms. The highest BCUT2D eigenvalue weighted by atomic mass is 32.1. The Bertz CT molecular complexity index is 761. The zero-order chi connectivity index (χ0) is 15.5. The van der Waals surface area contributed by atoms with Gasteiger partial charge in [0.1, 0.15) is 11.9 Å². The number of aromatic nitrogens is 1. The summed E-state index contributed by atoms with van der Waals surface area (Å²) in [5.74, 6) is 0.217. The minimum atomic E-state index is -0.741. The summed E-state index contributed by atoms with van der Waals surface area (Å²) in [7, 11) is 0. The molecule has 3 rings (SSSR count). The average molecular weight is 334 g/mol. The fourth-order valence-corrected chi connectivity index (χ4v) is 3.67. The first-order valence-electron chi connectivity index (χ1n) is 6.65. The van der Waals surface area contributed by atoms with Crippen LogP contribution in [0.4, 0.5) is 0 Å². The number of thiophene rings is 2. The lowest BCUT2D eigenvalue weighted by atomic mass is 10.2. The average Bonchev–Trinajstić information content (AvgIpc) is 3.23. The summed E-state index contributed by atoms with van der Waals surface area (Å²) >= 11 is 3.16. The van der Waals surface area contributed by atoms with Gasteiger partial charge in [-0.2, -0.15) is 11.3 Å². The number of rotatable bonds is 5. The maximum Gasteiger partial charge on any atom is 0.273 e. The van der Waals surface area contributed by atoms with Crippen molar-refractivity contribution in [1.29, 1.82) is 0 Å². The molecule has 0 saturated heterocycles. The summed E-state index contributed by atoms with van der Waals surface area (Å²) in [5, 5.41) is 20.6. The van der Waals surface area contributed by atoms with Crippen molar-refractivity contribution in [3.05, 3.63) is 51.4 Å². The van der Waals surface area contributed by atoms with Crippen molar-refractivity contribution in [3.63, 3.8) is 0 Å². The van der Waals surface area contributed by atoms with Gasteiger partial charge < -0.3 is 14.9 Å². The number of aliphatic hydroxyl groups excluding tert-OH is 1. The maximum absolute atomic E-state index is 11.8. The van der Waals surface area contributed by atoms with Gasteiger partial charge in [-0.15, -0.1) is 11.3 Å². The number of nitrogens with zero attached hydrogens (tertiary/aromatic N) is 1. The van der Waals surface area contributed by atoms with E-state index in [0.29, 0.717) is 5.76 Å². The van der Waals surface area contributed by atoms with Gasteiger partial charge in [-0.05, 0) is 35.9 Å². The summed E-state index contributed by atoms with van der Waals surface area (Å²) in [6, 6.07) is 7.46. The van der Waals surface area contributed by atoms with Crippen molar-refractivity contribution in [2.45, 2.75) is 13.0 Å². The monoisotopic (exact) mass is 334 g/mol. The van der Waals surface area contributed by atoms with E-state index in [9.17, 15) is 9.90 Å². The van der Waals surface area contributed by atoms with Gasteiger partial charge in [0.2, 0.25) is 0 Å². The second-order valence-corrected chi connectivity index (χ2v) is 6.66. The van der Waals surface area contributed by atoms with E-state index >= 15 is 0 Å². The highest BCUT2D eigenvalue weighted by Crippen LogP contribution is 2.32. The van der Waals surface area contributed by atoms with E-state index in [0.717, 1.165) is 15.3 Å². The Kier molecular flexibility index (Phi) is 4.37. The fourth-order valence-electron chi connectivity index (χ4n) is 1.95.